The number of hydrogen-bond donors (Lipinski definition) is 0. The maximum Gasteiger partial charge on any atom is 0.216 e. The summed E-state index contributed by atoms with van der Waals surface area (Å²) in [6.07, 6.45) is 3.18. The minimum absolute atomic E-state index is 0.661. The van der Waals surface area contributed by atoms with Crippen LogP contribution in [-0.4, -0.2) is 21.2 Å². The van der Waals surface area contributed by atoms with Gasteiger partial charge in [-0.05, 0) is 12.1 Å². The number of benzene rings is 5. The van der Waals surface area contributed by atoms with E-state index in [1.165, 1.54) is 31.4 Å². The quantitative estimate of drug-likeness (QED) is 0.213. The van der Waals surface area contributed by atoms with Crippen LogP contribution in [0.1, 0.15) is 5.56 Å². The van der Waals surface area contributed by atoms with Crippen LogP contribution < -0.4 is 4.58 Å². The van der Waals surface area contributed by atoms with Gasteiger partial charge in [0, 0.05) is 60.6 Å². The molecule has 0 aliphatic carbocycles. The van der Waals surface area contributed by atoms with Gasteiger partial charge in [0.25, 0.3) is 0 Å². The normalized spacial score (nSPS) is 12.6. The van der Waals surface area contributed by atoms with Gasteiger partial charge in [0.15, 0.2) is 23.7 Å². The Labute approximate surface area is 235 Å². The first-order valence-electron chi connectivity index (χ1n) is 13.3. The van der Waals surface area contributed by atoms with Crippen molar-refractivity contribution in [1.29, 1.82) is 0 Å². The lowest BCUT2D eigenvalue weighted by atomic mass is 10.1. The Morgan fingerprint density at radius 1 is 0.525 bits per heavy atom. The molecule has 0 N–H and O–H groups in total. The second-order valence-electron chi connectivity index (χ2n) is 9.92. The highest BCUT2D eigenvalue weighted by molar-refractivity contribution is 7.25. The lowest BCUT2D eigenvalue weighted by Crippen LogP contribution is -2.02. The SMILES string of the molecule is C1=[N+](c2cccc(-c3nc(-c4ccccc4)nc(-c4ccccc4)n3)c2)c2cc3sc4ccccc4c3cc2C1. The van der Waals surface area contributed by atoms with Gasteiger partial charge in [0.1, 0.15) is 0 Å². The van der Waals surface area contributed by atoms with Crippen LogP contribution in [0.15, 0.2) is 121 Å². The number of fused-ring (bicyclic) bond motifs is 4. The molecule has 0 spiro atoms. The van der Waals surface area contributed by atoms with Crippen molar-refractivity contribution in [2.45, 2.75) is 6.42 Å². The first kappa shape index (κ1) is 22.9. The van der Waals surface area contributed by atoms with E-state index in [1.54, 1.807) is 0 Å². The zero-order valence-corrected chi connectivity index (χ0v) is 22.3. The summed E-state index contributed by atoms with van der Waals surface area (Å²) in [5.74, 6) is 1.99. The number of aromatic nitrogens is 3. The Kier molecular flexibility index (Phi) is 5.35. The monoisotopic (exact) mass is 531 g/mol. The molecule has 8 rings (SSSR count). The predicted octanol–water partition coefficient (Wildman–Crippen LogP) is 8.70. The van der Waals surface area contributed by atoms with Gasteiger partial charge in [0.05, 0.1) is 6.42 Å². The van der Waals surface area contributed by atoms with E-state index in [9.17, 15) is 0 Å². The van der Waals surface area contributed by atoms with Crippen molar-refractivity contribution in [3.05, 3.63) is 127 Å². The molecule has 5 heteroatoms. The molecule has 0 bridgehead atoms. The standard InChI is InChI=1S/C35H23N4S/c1-3-10-23(11-4-1)33-36-34(24-12-5-2-6-13-24)38-35(37-33)26-14-9-15-27(20-26)39-19-18-25-21-29-28-16-7-8-17-31(28)40-32(29)22-30(25)39/h1-17,19-22H,18H2/q+1. The molecule has 0 saturated heterocycles. The zero-order chi connectivity index (χ0) is 26.5. The summed E-state index contributed by atoms with van der Waals surface area (Å²) in [4.78, 5) is 14.7. The van der Waals surface area contributed by atoms with Gasteiger partial charge >= 0.3 is 0 Å². The molecule has 0 atom stereocenters. The van der Waals surface area contributed by atoms with Crippen molar-refractivity contribution in [3.8, 4) is 34.2 Å². The van der Waals surface area contributed by atoms with E-state index in [4.69, 9.17) is 15.0 Å². The van der Waals surface area contributed by atoms with E-state index in [1.807, 2.05) is 72.0 Å². The fourth-order valence-corrected chi connectivity index (χ4v) is 6.58. The Hall–Kier alpha value is -5.00. The summed E-state index contributed by atoms with van der Waals surface area (Å²) in [5, 5.41) is 2.68. The molecule has 1 aliphatic heterocycles. The average Bonchev–Trinajstić information content (AvgIpc) is 3.61. The molecule has 3 heterocycles. The van der Waals surface area contributed by atoms with Crippen LogP contribution in [0.5, 0.6) is 0 Å². The van der Waals surface area contributed by atoms with Crippen LogP contribution in [0.3, 0.4) is 0 Å². The van der Waals surface area contributed by atoms with Crippen LogP contribution in [0.4, 0.5) is 11.4 Å². The van der Waals surface area contributed by atoms with Crippen LogP contribution in [0.25, 0.3) is 54.3 Å². The molecule has 4 nitrogen and oxygen atoms in total. The van der Waals surface area contributed by atoms with Crippen LogP contribution in [-0.2, 0) is 6.42 Å². The maximum atomic E-state index is 4.93. The summed E-state index contributed by atoms with van der Waals surface area (Å²) in [7, 11) is 0. The lowest BCUT2D eigenvalue weighted by Gasteiger charge is -2.09. The molecule has 1 aliphatic rings. The molecule has 5 aromatic carbocycles. The third-order valence-electron chi connectivity index (χ3n) is 7.41. The van der Waals surface area contributed by atoms with Crippen LogP contribution in [0, 0.1) is 0 Å². The summed E-state index contributed by atoms with van der Waals surface area (Å²) in [6, 6.07) is 42.1. The van der Waals surface area contributed by atoms with Crippen molar-refractivity contribution >= 4 is 49.1 Å². The highest BCUT2D eigenvalue weighted by Gasteiger charge is 2.26. The first-order chi connectivity index (χ1) is 19.8. The van der Waals surface area contributed by atoms with E-state index in [-0.39, 0.29) is 0 Å². The molecule has 0 fully saturated rings. The topological polar surface area (TPSA) is 41.7 Å². The number of thiophene rings is 1. The van der Waals surface area contributed by atoms with Crippen molar-refractivity contribution in [2.75, 3.05) is 0 Å². The lowest BCUT2D eigenvalue weighted by molar-refractivity contribution is 1.07. The van der Waals surface area contributed by atoms with E-state index in [2.05, 4.69) is 71.5 Å². The summed E-state index contributed by atoms with van der Waals surface area (Å²) in [5.41, 5.74) is 6.57. The minimum atomic E-state index is 0.661. The average molecular weight is 532 g/mol. The molecule has 0 unspecified atom stereocenters. The zero-order valence-electron chi connectivity index (χ0n) is 21.5. The molecule has 0 radical (unpaired) electrons. The van der Waals surface area contributed by atoms with Crippen molar-refractivity contribution in [1.82, 2.24) is 19.5 Å². The van der Waals surface area contributed by atoms with Crippen molar-refractivity contribution < 1.29 is 0 Å². The fourth-order valence-electron chi connectivity index (χ4n) is 5.46. The largest absolute Gasteiger partial charge is 0.216 e. The second-order valence-corrected chi connectivity index (χ2v) is 11.0. The molecule has 40 heavy (non-hydrogen) atoms. The van der Waals surface area contributed by atoms with Crippen molar-refractivity contribution in [3.63, 3.8) is 0 Å². The number of nitrogens with zero attached hydrogens (tertiary/aromatic N) is 4. The van der Waals surface area contributed by atoms with Gasteiger partial charge in [-0.25, -0.2) is 15.0 Å². The van der Waals surface area contributed by atoms with E-state index < -0.39 is 0 Å². The molecule has 0 saturated carbocycles. The maximum absolute atomic E-state index is 4.93. The number of rotatable bonds is 4. The van der Waals surface area contributed by atoms with Crippen molar-refractivity contribution in [2.24, 2.45) is 0 Å². The molecule has 2 aromatic heterocycles. The van der Waals surface area contributed by atoms with Crippen LogP contribution in [0.2, 0.25) is 0 Å². The third kappa shape index (κ3) is 3.91. The molecule has 188 valence electrons. The van der Waals surface area contributed by atoms with E-state index in [0.717, 1.165) is 28.8 Å². The van der Waals surface area contributed by atoms with Gasteiger partial charge in [-0.15, -0.1) is 11.3 Å². The van der Waals surface area contributed by atoms with E-state index in [0.29, 0.717) is 17.5 Å². The van der Waals surface area contributed by atoms with Gasteiger partial charge in [-0.3, -0.25) is 0 Å². The highest BCUT2D eigenvalue weighted by Crippen LogP contribution is 2.40. The smallest absolute Gasteiger partial charge is 0.208 e. The molecule has 7 aromatic rings. The van der Waals surface area contributed by atoms with Gasteiger partial charge in [-0.2, -0.15) is 4.58 Å². The third-order valence-corrected chi connectivity index (χ3v) is 8.55. The molecular formula is C35H23N4S+. The highest BCUT2D eigenvalue weighted by atomic mass is 32.1. The summed E-state index contributed by atoms with van der Waals surface area (Å²) < 4.78 is 4.95. The predicted molar refractivity (Wildman–Crippen MR) is 167 cm³/mol. The Balaban J connectivity index is 1.24. The fraction of sp³-hybridized carbons (Fsp3) is 0.0286. The van der Waals surface area contributed by atoms with Crippen LogP contribution >= 0.6 is 11.3 Å². The second kappa shape index (κ2) is 9.33. The Morgan fingerprint density at radius 3 is 1.88 bits per heavy atom. The minimum Gasteiger partial charge on any atom is -0.208 e. The summed E-state index contributed by atoms with van der Waals surface area (Å²) >= 11 is 1.86. The Bertz CT molecular complexity index is 2020. The Morgan fingerprint density at radius 2 is 1.15 bits per heavy atom. The van der Waals surface area contributed by atoms with E-state index >= 15 is 0 Å². The van der Waals surface area contributed by atoms with Gasteiger partial charge in [-0.1, -0.05) is 91.0 Å². The molecule has 0 amide bonds. The van der Waals surface area contributed by atoms with Gasteiger partial charge < -0.3 is 0 Å². The summed E-state index contributed by atoms with van der Waals surface area (Å²) in [6.45, 7) is 0. The first-order valence-corrected chi connectivity index (χ1v) is 14.2. The number of hydrogen-bond acceptors (Lipinski definition) is 4. The van der Waals surface area contributed by atoms with Gasteiger partial charge in [0.2, 0.25) is 11.4 Å². The molecular weight excluding hydrogens is 508 g/mol.